The number of ether oxygens (including phenoxy) is 2. The maximum Gasteiger partial charge on any atom is 0.379 e. The number of nitrogens with zero attached hydrogens (tertiary/aromatic N) is 1. The molecule has 1 saturated heterocycles. The average Bonchev–Trinajstić information content (AvgIpc) is 2.54. The van der Waals surface area contributed by atoms with Crippen LogP contribution in [0.25, 0.3) is 0 Å². The fraction of sp³-hybridized carbons (Fsp3) is 0.400. The molecule has 0 aromatic heterocycles. The highest BCUT2D eigenvalue weighted by atomic mass is 16.8. The van der Waals surface area contributed by atoms with Crippen molar-refractivity contribution in [2.45, 2.75) is 18.2 Å². The summed E-state index contributed by atoms with van der Waals surface area (Å²) in [6, 6.07) is 0. The summed E-state index contributed by atoms with van der Waals surface area (Å²) in [5.74, 6) is 0. The van der Waals surface area contributed by atoms with Crippen molar-refractivity contribution >= 4 is 0 Å². The molecule has 0 bridgehead atoms. The molecular formula is C10H11NO4. The smallest absolute Gasteiger partial charge is 0.334 e. The van der Waals surface area contributed by atoms with Crippen molar-refractivity contribution in [2.24, 2.45) is 0 Å². The van der Waals surface area contributed by atoms with Crippen molar-refractivity contribution in [1.82, 2.24) is 0 Å². The molecule has 2 aliphatic rings. The van der Waals surface area contributed by atoms with Crippen LogP contribution in [0.4, 0.5) is 0 Å². The molecule has 80 valence electrons. The Labute approximate surface area is 86.8 Å². The van der Waals surface area contributed by atoms with Gasteiger partial charge in [0.2, 0.25) is 0 Å². The molecular weight excluding hydrogens is 198 g/mol. The highest BCUT2D eigenvalue weighted by Crippen LogP contribution is 2.42. The lowest BCUT2D eigenvalue weighted by atomic mass is 9.85. The van der Waals surface area contributed by atoms with Gasteiger partial charge < -0.3 is 4.74 Å². The van der Waals surface area contributed by atoms with Gasteiger partial charge in [0.25, 0.3) is 0 Å². The molecule has 1 aliphatic heterocycles. The lowest BCUT2D eigenvalue weighted by molar-refractivity contribution is -0.615. The third-order valence-electron chi connectivity index (χ3n) is 2.80. The van der Waals surface area contributed by atoms with E-state index in [-0.39, 0.29) is 6.79 Å². The van der Waals surface area contributed by atoms with Gasteiger partial charge >= 0.3 is 5.72 Å². The first-order valence-electron chi connectivity index (χ1n) is 4.51. The molecule has 0 radical (unpaired) electrons. The normalized spacial score (nSPS) is 38.3. The predicted octanol–water partition coefficient (Wildman–Crippen LogP) is 1.40. The number of hydrogen-bond donors (Lipinski definition) is 0. The summed E-state index contributed by atoms with van der Waals surface area (Å²) < 4.78 is 10.4. The largest absolute Gasteiger partial charge is 0.379 e. The third-order valence-corrected chi connectivity index (χ3v) is 2.80. The van der Waals surface area contributed by atoms with Crippen LogP contribution in [0.2, 0.25) is 0 Å². The lowest BCUT2D eigenvalue weighted by Gasteiger charge is -2.30. The van der Waals surface area contributed by atoms with Crippen LogP contribution in [0.1, 0.15) is 6.92 Å². The highest BCUT2D eigenvalue weighted by molar-refractivity contribution is 5.40. The first-order valence-corrected chi connectivity index (χ1v) is 4.51. The number of rotatable bonds is 2. The minimum atomic E-state index is -1.60. The van der Waals surface area contributed by atoms with Crippen molar-refractivity contribution in [3.05, 3.63) is 46.6 Å². The Morgan fingerprint density at radius 2 is 2.40 bits per heavy atom. The molecule has 2 unspecified atom stereocenters. The summed E-state index contributed by atoms with van der Waals surface area (Å²) in [5.41, 5.74) is -1.87. The Morgan fingerprint density at radius 3 is 3.00 bits per heavy atom. The van der Waals surface area contributed by atoms with Crippen LogP contribution in [0.5, 0.6) is 0 Å². The lowest BCUT2D eigenvalue weighted by Crippen LogP contribution is -2.54. The van der Waals surface area contributed by atoms with E-state index in [0.717, 1.165) is 5.57 Å². The minimum absolute atomic E-state index is 0.0806. The van der Waals surface area contributed by atoms with E-state index in [9.17, 15) is 10.1 Å². The zero-order valence-corrected chi connectivity index (χ0v) is 8.30. The summed E-state index contributed by atoms with van der Waals surface area (Å²) in [5, 5.41) is 11.1. The Kier molecular flexibility index (Phi) is 2.02. The molecule has 1 aliphatic carbocycles. The first-order chi connectivity index (χ1) is 7.04. The fourth-order valence-corrected chi connectivity index (χ4v) is 1.84. The van der Waals surface area contributed by atoms with E-state index >= 15 is 0 Å². The molecule has 0 saturated carbocycles. The Bertz CT molecular complexity index is 387. The van der Waals surface area contributed by atoms with Gasteiger partial charge in [-0.15, -0.1) is 0 Å². The molecule has 2 rings (SSSR count). The highest BCUT2D eigenvalue weighted by Gasteiger charge is 2.64. The third kappa shape index (κ3) is 1.17. The second-order valence-corrected chi connectivity index (χ2v) is 3.65. The van der Waals surface area contributed by atoms with Gasteiger partial charge in [0.1, 0.15) is 0 Å². The van der Waals surface area contributed by atoms with E-state index < -0.39 is 16.2 Å². The second kappa shape index (κ2) is 3.01. The van der Waals surface area contributed by atoms with Crippen molar-refractivity contribution < 1.29 is 14.4 Å². The van der Waals surface area contributed by atoms with Crippen LogP contribution >= 0.6 is 0 Å². The average molecular weight is 209 g/mol. The minimum Gasteiger partial charge on any atom is -0.334 e. The molecule has 0 N–H and O–H groups in total. The van der Waals surface area contributed by atoms with Crippen molar-refractivity contribution in [3.63, 3.8) is 0 Å². The molecule has 5 heteroatoms. The second-order valence-electron chi connectivity index (χ2n) is 3.65. The van der Waals surface area contributed by atoms with Gasteiger partial charge in [-0.2, -0.15) is 0 Å². The molecule has 0 spiro atoms. The molecule has 5 nitrogen and oxygen atoms in total. The summed E-state index contributed by atoms with van der Waals surface area (Å²) >= 11 is 0. The van der Waals surface area contributed by atoms with E-state index in [2.05, 4.69) is 6.58 Å². The fourth-order valence-electron chi connectivity index (χ4n) is 1.84. The first kappa shape index (κ1) is 10.1. The summed E-state index contributed by atoms with van der Waals surface area (Å²) in [4.78, 5) is 10.6. The van der Waals surface area contributed by atoms with Gasteiger partial charge in [-0.05, 0) is 24.6 Å². The Balaban J connectivity index is 2.51. The predicted molar refractivity (Wildman–Crippen MR) is 52.6 cm³/mol. The summed E-state index contributed by atoms with van der Waals surface area (Å²) in [7, 11) is 0. The number of allylic oxidation sites excluding steroid dienone is 3. The van der Waals surface area contributed by atoms with Crippen LogP contribution < -0.4 is 0 Å². The Hall–Kier alpha value is -1.46. The van der Waals surface area contributed by atoms with E-state index in [4.69, 9.17) is 9.47 Å². The molecule has 1 fully saturated rings. The quantitative estimate of drug-likeness (QED) is 0.509. The zero-order chi connectivity index (χ0) is 11.1. The maximum atomic E-state index is 11.1. The van der Waals surface area contributed by atoms with Gasteiger partial charge in [0, 0.05) is 6.08 Å². The van der Waals surface area contributed by atoms with E-state index in [1.54, 1.807) is 25.2 Å². The topological polar surface area (TPSA) is 61.6 Å². The molecule has 15 heavy (non-hydrogen) atoms. The molecule has 0 amide bonds. The van der Waals surface area contributed by atoms with Crippen LogP contribution in [0.3, 0.4) is 0 Å². The van der Waals surface area contributed by atoms with E-state index in [0.29, 0.717) is 0 Å². The number of fused-ring (bicyclic) bond motifs is 1. The van der Waals surface area contributed by atoms with Gasteiger partial charge in [0.15, 0.2) is 12.4 Å². The van der Waals surface area contributed by atoms with Crippen LogP contribution in [-0.2, 0) is 9.47 Å². The molecule has 0 aromatic rings. The SMILES string of the molecule is C=CC1=CC2(C)OCOC2([N+](=O)[O-])C=C1. The van der Waals surface area contributed by atoms with Crippen molar-refractivity contribution in [3.8, 4) is 0 Å². The van der Waals surface area contributed by atoms with Crippen molar-refractivity contribution in [1.29, 1.82) is 0 Å². The van der Waals surface area contributed by atoms with E-state index in [1.165, 1.54) is 6.08 Å². The Morgan fingerprint density at radius 1 is 1.67 bits per heavy atom. The summed E-state index contributed by atoms with van der Waals surface area (Å²) in [6.07, 6.45) is 6.31. The zero-order valence-electron chi connectivity index (χ0n) is 8.30. The molecule has 1 heterocycles. The van der Waals surface area contributed by atoms with Crippen LogP contribution in [-0.4, -0.2) is 23.0 Å². The molecule has 0 aromatic carbocycles. The van der Waals surface area contributed by atoms with Gasteiger partial charge in [-0.1, -0.05) is 12.7 Å². The monoisotopic (exact) mass is 209 g/mol. The maximum absolute atomic E-state index is 11.1. The number of nitro groups is 1. The van der Waals surface area contributed by atoms with Crippen LogP contribution in [0.15, 0.2) is 36.5 Å². The standard InChI is InChI=1S/C10H11NO4/c1-3-8-4-5-10(11(12)13)9(2,6-8)14-7-15-10/h3-6H,1,7H2,2H3. The van der Waals surface area contributed by atoms with E-state index in [1.807, 2.05) is 0 Å². The van der Waals surface area contributed by atoms with Gasteiger partial charge in [-0.25, -0.2) is 0 Å². The van der Waals surface area contributed by atoms with Crippen LogP contribution in [0, 0.1) is 10.1 Å². The van der Waals surface area contributed by atoms with Gasteiger partial charge in [0.05, 0.1) is 4.92 Å². The van der Waals surface area contributed by atoms with Crippen molar-refractivity contribution in [2.75, 3.05) is 6.79 Å². The van der Waals surface area contributed by atoms with Gasteiger partial charge in [-0.3, -0.25) is 14.9 Å². The summed E-state index contributed by atoms with van der Waals surface area (Å²) in [6.45, 7) is 5.17. The molecule has 2 atom stereocenters. The number of hydrogen-bond acceptors (Lipinski definition) is 4.